The number of hydrogen-bond donors (Lipinski definition) is 0. The number of pyridine rings is 1. The fraction of sp³-hybridized carbons (Fsp3) is 0.133. The van der Waals surface area contributed by atoms with Gasteiger partial charge in [0.25, 0.3) is 0 Å². The van der Waals surface area contributed by atoms with Gasteiger partial charge in [0.15, 0.2) is 0 Å². The van der Waals surface area contributed by atoms with Crippen LogP contribution >= 0.6 is 0 Å². The third kappa shape index (κ3) is 2.68. The van der Waals surface area contributed by atoms with Crippen molar-refractivity contribution in [2.45, 2.75) is 12.8 Å². The molecular weight excluding hydrogens is 236 g/mol. The normalized spacial score (nSPS) is 10.5. The molecule has 4 nitrogen and oxygen atoms in total. The van der Waals surface area contributed by atoms with E-state index in [2.05, 4.69) is 33.4 Å². The quantitative estimate of drug-likeness (QED) is 0.714. The van der Waals surface area contributed by atoms with E-state index < -0.39 is 0 Å². The summed E-state index contributed by atoms with van der Waals surface area (Å²) in [4.78, 5) is 4.12. The molecule has 0 aliphatic carbocycles. The minimum Gasteiger partial charge on any atom is -0.286 e. The highest BCUT2D eigenvalue weighted by Gasteiger charge is 2.06. The van der Waals surface area contributed by atoms with Crippen molar-refractivity contribution in [1.82, 2.24) is 19.7 Å². The molecule has 0 saturated heterocycles. The van der Waals surface area contributed by atoms with Gasteiger partial charge in [-0.05, 0) is 30.2 Å². The smallest absolute Gasteiger partial charge is 0.137 e. The number of benzene rings is 1. The van der Waals surface area contributed by atoms with Gasteiger partial charge in [0.1, 0.15) is 12.2 Å². The lowest BCUT2D eigenvalue weighted by Crippen LogP contribution is -2.02. The van der Waals surface area contributed by atoms with Gasteiger partial charge in [-0.1, -0.05) is 24.3 Å². The molecule has 0 N–H and O–H groups in total. The van der Waals surface area contributed by atoms with E-state index in [0.717, 1.165) is 24.4 Å². The van der Waals surface area contributed by atoms with E-state index >= 15 is 0 Å². The topological polar surface area (TPSA) is 43.6 Å². The predicted molar refractivity (Wildman–Crippen MR) is 73.0 cm³/mol. The fourth-order valence-corrected chi connectivity index (χ4v) is 2.04. The van der Waals surface area contributed by atoms with Crippen LogP contribution in [0.3, 0.4) is 0 Å². The molecule has 0 radical (unpaired) electrons. The molecule has 2 aromatic heterocycles. The Morgan fingerprint density at radius 2 is 1.84 bits per heavy atom. The van der Waals surface area contributed by atoms with Gasteiger partial charge in [-0.3, -0.25) is 9.55 Å². The third-order valence-corrected chi connectivity index (χ3v) is 3.01. The van der Waals surface area contributed by atoms with Crippen molar-refractivity contribution in [3.8, 4) is 5.69 Å². The molecule has 4 heteroatoms. The first-order chi connectivity index (χ1) is 9.43. The van der Waals surface area contributed by atoms with E-state index in [0.29, 0.717) is 0 Å². The second-order valence-corrected chi connectivity index (χ2v) is 4.31. The van der Waals surface area contributed by atoms with Crippen molar-refractivity contribution in [2.24, 2.45) is 0 Å². The summed E-state index contributed by atoms with van der Waals surface area (Å²) in [6, 6.07) is 14.2. The Morgan fingerprint density at radius 3 is 2.63 bits per heavy atom. The average Bonchev–Trinajstić information content (AvgIpc) is 2.95. The third-order valence-electron chi connectivity index (χ3n) is 3.01. The first-order valence-corrected chi connectivity index (χ1v) is 6.27. The van der Waals surface area contributed by atoms with Gasteiger partial charge in [0.05, 0.1) is 0 Å². The monoisotopic (exact) mass is 250 g/mol. The maximum atomic E-state index is 4.20. The van der Waals surface area contributed by atoms with Crippen molar-refractivity contribution in [3.05, 3.63) is 72.6 Å². The minimum atomic E-state index is 0.848. The number of aromatic nitrogens is 4. The van der Waals surface area contributed by atoms with E-state index in [-0.39, 0.29) is 0 Å². The van der Waals surface area contributed by atoms with Crippen molar-refractivity contribution >= 4 is 0 Å². The zero-order valence-corrected chi connectivity index (χ0v) is 10.5. The minimum absolute atomic E-state index is 0.848. The second-order valence-electron chi connectivity index (χ2n) is 4.31. The number of hydrogen-bond acceptors (Lipinski definition) is 3. The Labute approximate surface area is 111 Å². The first-order valence-electron chi connectivity index (χ1n) is 6.27. The lowest BCUT2D eigenvalue weighted by molar-refractivity contribution is 0.819. The van der Waals surface area contributed by atoms with Crippen LogP contribution in [0.1, 0.15) is 11.4 Å². The zero-order valence-electron chi connectivity index (χ0n) is 10.5. The molecule has 0 unspecified atom stereocenters. The Balaban J connectivity index is 1.78. The molecule has 3 aromatic rings. The van der Waals surface area contributed by atoms with Crippen molar-refractivity contribution in [2.75, 3.05) is 0 Å². The number of nitrogens with zero attached hydrogens (tertiary/aromatic N) is 4. The van der Waals surface area contributed by atoms with Crippen LogP contribution in [-0.2, 0) is 12.8 Å². The molecule has 0 saturated carbocycles. The fourth-order valence-electron chi connectivity index (χ4n) is 2.04. The average molecular weight is 250 g/mol. The number of rotatable bonds is 4. The first kappa shape index (κ1) is 11.6. The maximum Gasteiger partial charge on any atom is 0.137 e. The van der Waals surface area contributed by atoms with Gasteiger partial charge < -0.3 is 0 Å². The Bertz CT molecular complexity index is 632. The lowest BCUT2D eigenvalue weighted by atomic mass is 10.1. The molecule has 0 bridgehead atoms. The summed E-state index contributed by atoms with van der Waals surface area (Å²) in [6.07, 6.45) is 7.20. The van der Waals surface area contributed by atoms with Crippen LogP contribution in [0, 0.1) is 0 Å². The predicted octanol–water partition coefficient (Wildman–Crippen LogP) is 2.45. The van der Waals surface area contributed by atoms with E-state index in [1.54, 1.807) is 12.5 Å². The van der Waals surface area contributed by atoms with Crippen LogP contribution in [0.4, 0.5) is 0 Å². The van der Waals surface area contributed by atoms with Gasteiger partial charge in [0, 0.05) is 24.5 Å². The molecule has 0 spiro atoms. The van der Waals surface area contributed by atoms with Gasteiger partial charge in [-0.25, -0.2) is 0 Å². The van der Waals surface area contributed by atoms with Crippen molar-refractivity contribution in [1.29, 1.82) is 0 Å². The number of para-hydroxylation sites is 1. The summed E-state index contributed by atoms with van der Waals surface area (Å²) in [5.41, 5.74) is 2.30. The van der Waals surface area contributed by atoms with Gasteiger partial charge in [-0.2, -0.15) is 0 Å². The van der Waals surface area contributed by atoms with Crippen LogP contribution in [0.15, 0.2) is 61.2 Å². The molecule has 0 aliphatic heterocycles. The SMILES string of the molecule is c1ccc(-n2cnnc2CCc2cccnc2)cc1. The zero-order chi connectivity index (χ0) is 12.9. The molecule has 0 aliphatic rings. The van der Waals surface area contributed by atoms with E-state index in [4.69, 9.17) is 0 Å². The van der Waals surface area contributed by atoms with Gasteiger partial charge in [0.2, 0.25) is 0 Å². The van der Waals surface area contributed by atoms with Crippen LogP contribution in [0.2, 0.25) is 0 Å². The molecule has 19 heavy (non-hydrogen) atoms. The maximum absolute atomic E-state index is 4.20. The Hall–Kier alpha value is -2.49. The van der Waals surface area contributed by atoms with Crippen molar-refractivity contribution in [3.63, 3.8) is 0 Å². The molecule has 94 valence electrons. The van der Waals surface area contributed by atoms with Crippen LogP contribution in [-0.4, -0.2) is 19.7 Å². The van der Waals surface area contributed by atoms with Crippen LogP contribution in [0.25, 0.3) is 5.69 Å². The van der Waals surface area contributed by atoms with E-state index in [1.165, 1.54) is 5.56 Å². The van der Waals surface area contributed by atoms with E-state index in [9.17, 15) is 0 Å². The van der Waals surface area contributed by atoms with Crippen LogP contribution in [0.5, 0.6) is 0 Å². The standard InChI is InChI=1S/C15H14N4/c1-2-6-14(7-3-1)19-12-17-18-15(19)9-8-13-5-4-10-16-11-13/h1-7,10-12H,8-9H2. The molecule has 0 atom stereocenters. The highest BCUT2D eigenvalue weighted by molar-refractivity contribution is 5.32. The highest BCUT2D eigenvalue weighted by Crippen LogP contribution is 2.11. The largest absolute Gasteiger partial charge is 0.286 e. The summed E-state index contributed by atoms with van der Waals surface area (Å²) in [6.45, 7) is 0. The summed E-state index contributed by atoms with van der Waals surface area (Å²) in [7, 11) is 0. The molecular formula is C15H14N4. The molecule has 0 fully saturated rings. The van der Waals surface area contributed by atoms with Gasteiger partial charge in [-0.15, -0.1) is 10.2 Å². The summed E-state index contributed by atoms with van der Waals surface area (Å²) >= 11 is 0. The Kier molecular flexibility index (Phi) is 3.32. The molecule has 0 amide bonds. The highest BCUT2D eigenvalue weighted by atomic mass is 15.3. The van der Waals surface area contributed by atoms with Crippen LogP contribution < -0.4 is 0 Å². The van der Waals surface area contributed by atoms with E-state index in [1.807, 2.05) is 35.0 Å². The lowest BCUT2D eigenvalue weighted by Gasteiger charge is -2.06. The summed E-state index contributed by atoms with van der Waals surface area (Å²) in [5, 5.41) is 8.21. The summed E-state index contributed by atoms with van der Waals surface area (Å²) in [5.74, 6) is 0.968. The molecule has 3 rings (SSSR count). The molecule has 2 heterocycles. The molecule has 1 aromatic carbocycles. The van der Waals surface area contributed by atoms with Crippen molar-refractivity contribution < 1.29 is 0 Å². The second kappa shape index (κ2) is 5.44. The number of aryl methyl sites for hydroxylation is 2. The summed E-state index contributed by atoms with van der Waals surface area (Å²) < 4.78 is 2.02. The Morgan fingerprint density at radius 1 is 0.947 bits per heavy atom. The van der Waals surface area contributed by atoms with Gasteiger partial charge >= 0.3 is 0 Å².